The summed E-state index contributed by atoms with van der Waals surface area (Å²) in [6.45, 7) is 1.01. The topological polar surface area (TPSA) is 133 Å². The summed E-state index contributed by atoms with van der Waals surface area (Å²) < 4.78 is 43.7. The standard InChI is InChI=1S/C20H15F3N4O3.H2O/c21-8-1-2-15(13(22)3-8)27-7-12(20(29)30)17(28)9-4-14(23)19(25-18(9)27)26-5-10-11(6-26)16(10)24;/h1-4,7,10-11,16H,5-6,24H2,(H,29,30);1H2/t10-,11+,16+;. The van der Waals surface area contributed by atoms with Crippen LogP contribution in [0.15, 0.2) is 35.3 Å². The fourth-order valence-electron chi connectivity index (χ4n) is 4.19. The van der Waals surface area contributed by atoms with Crippen molar-refractivity contribution in [1.29, 1.82) is 0 Å². The normalized spacial score (nSPS) is 21.7. The number of aromatic carboxylic acids is 1. The van der Waals surface area contributed by atoms with Gasteiger partial charge in [0.25, 0.3) is 0 Å². The Morgan fingerprint density at radius 3 is 2.42 bits per heavy atom. The van der Waals surface area contributed by atoms with Crippen molar-refractivity contribution in [2.24, 2.45) is 17.6 Å². The van der Waals surface area contributed by atoms with Gasteiger partial charge in [-0.2, -0.15) is 0 Å². The number of piperidine rings is 1. The maximum Gasteiger partial charge on any atom is 0.341 e. The van der Waals surface area contributed by atoms with E-state index >= 15 is 0 Å². The minimum Gasteiger partial charge on any atom is -0.477 e. The highest BCUT2D eigenvalue weighted by Gasteiger charge is 2.54. The molecule has 8 nitrogen and oxygen atoms in total. The molecule has 3 heterocycles. The van der Waals surface area contributed by atoms with E-state index < -0.39 is 34.4 Å². The number of halogens is 3. The molecule has 0 bridgehead atoms. The van der Waals surface area contributed by atoms with Crippen molar-refractivity contribution in [3.63, 3.8) is 0 Å². The third kappa shape index (κ3) is 3.13. The van der Waals surface area contributed by atoms with Crippen molar-refractivity contribution >= 4 is 22.8 Å². The first-order chi connectivity index (χ1) is 14.3. The molecule has 5 rings (SSSR count). The maximum atomic E-state index is 14.8. The summed E-state index contributed by atoms with van der Waals surface area (Å²) in [5.41, 5.74) is 3.94. The Bertz CT molecular complexity index is 1280. The first-order valence-electron chi connectivity index (χ1n) is 9.21. The summed E-state index contributed by atoms with van der Waals surface area (Å²) >= 11 is 0. The average Bonchev–Trinajstić information content (AvgIpc) is 3.10. The second kappa shape index (κ2) is 7.06. The zero-order chi connectivity index (χ0) is 21.3. The van der Waals surface area contributed by atoms with Crippen molar-refractivity contribution in [3.05, 3.63) is 63.7 Å². The Kier molecular flexibility index (Phi) is 4.74. The van der Waals surface area contributed by atoms with Crippen molar-refractivity contribution in [1.82, 2.24) is 9.55 Å². The van der Waals surface area contributed by atoms with Crippen LogP contribution < -0.4 is 16.1 Å². The number of fused-ring (bicyclic) bond motifs is 2. The van der Waals surface area contributed by atoms with Gasteiger partial charge in [-0.15, -0.1) is 0 Å². The molecule has 2 aliphatic rings. The van der Waals surface area contributed by atoms with E-state index in [-0.39, 0.29) is 45.9 Å². The first kappa shape index (κ1) is 20.8. The van der Waals surface area contributed by atoms with Gasteiger partial charge in [0, 0.05) is 31.4 Å². The molecule has 31 heavy (non-hydrogen) atoms. The van der Waals surface area contributed by atoms with Crippen molar-refractivity contribution < 1.29 is 28.5 Å². The first-order valence-corrected chi connectivity index (χ1v) is 9.21. The van der Waals surface area contributed by atoms with Crippen LogP contribution in [-0.4, -0.2) is 45.2 Å². The Labute approximate surface area is 172 Å². The lowest BCUT2D eigenvalue weighted by Crippen LogP contribution is -2.30. The highest BCUT2D eigenvalue weighted by atomic mass is 19.1. The molecule has 1 saturated carbocycles. The van der Waals surface area contributed by atoms with Crippen LogP contribution in [0.4, 0.5) is 19.0 Å². The summed E-state index contributed by atoms with van der Waals surface area (Å²) in [5, 5.41) is 9.05. The van der Waals surface area contributed by atoms with Crippen LogP contribution in [-0.2, 0) is 0 Å². The second-order valence-electron chi connectivity index (χ2n) is 7.62. The largest absolute Gasteiger partial charge is 0.477 e. The Balaban J connectivity index is 0.00000231. The van der Waals surface area contributed by atoms with E-state index in [1.165, 1.54) is 0 Å². The summed E-state index contributed by atoms with van der Waals surface area (Å²) in [7, 11) is 0. The predicted molar refractivity (Wildman–Crippen MR) is 105 cm³/mol. The van der Waals surface area contributed by atoms with Crippen LogP contribution in [0.1, 0.15) is 10.4 Å². The number of rotatable bonds is 3. The lowest BCUT2D eigenvalue weighted by atomic mass is 10.1. The predicted octanol–water partition coefficient (Wildman–Crippen LogP) is 1.07. The molecule has 2 aromatic heterocycles. The van der Waals surface area contributed by atoms with E-state index in [9.17, 15) is 27.9 Å². The van der Waals surface area contributed by atoms with Crippen LogP contribution in [0.3, 0.4) is 0 Å². The van der Waals surface area contributed by atoms with Gasteiger partial charge in [-0.3, -0.25) is 9.36 Å². The highest BCUT2D eigenvalue weighted by Crippen LogP contribution is 2.45. The summed E-state index contributed by atoms with van der Waals surface area (Å²) in [4.78, 5) is 30.1. The molecule has 1 aliphatic carbocycles. The second-order valence-corrected chi connectivity index (χ2v) is 7.62. The van der Waals surface area contributed by atoms with Gasteiger partial charge in [0.2, 0.25) is 5.43 Å². The van der Waals surface area contributed by atoms with Crippen molar-refractivity contribution in [3.8, 4) is 5.69 Å². The van der Waals surface area contributed by atoms with E-state index in [2.05, 4.69) is 4.98 Å². The smallest absolute Gasteiger partial charge is 0.341 e. The van der Waals surface area contributed by atoms with Gasteiger partial charge in [0.1, 0.15) is 17.2 Å². The number of nitrogens with two attached hydrogens (primary N) is 1. The zero-order valence-electron chi connectivity index (χ0n) is 15.8. The van der Waals surface area contributed by atoms with Crippen LogP contribution in [0.5, 0.6) is 0 Å². The highest BCUT2D eigenvalue weighted by molar-refractivity contribution is 5.92. The number of carboxylic acids is 1. The van der Waals surface area contributed by atoms with Gasteiger partial charge < -0.3 is 21.2 Å². The number of nitrogens with zero attached hydrogens (tertiary/aromatic N) is 3. The molecule has 1 saturated heterocycles. The minimum absolute atomic E-state index is 0. The summed E-state index contributed by atoms with van der Waals surface area (Å²) in [6, 6.07) is 3.69. The lowest BCUT2D eigenvalue weighted by molar-refractivity contribution is 0.0695. The van der Waals surface area contributed by atoms with E-state index in [1.54, 1.807) is 4.90 Å². The fraction of sp³-hybridized carbons (Fsp3) is 0.250. The SMILES string of the molecule is N[C@@H]1[C@H]2CN(c3nc4c(cc3F)c(=O)c(C(=O)O)cn4-c3ccc(F)cc3F)C[C@@H]12.O. The lowest BCUT2D eigenvalue weighted by Gasteiger charge is -2.22. The molecule has 1 aliphatic heterocycles. The molecule has 3 atom stereocenters. The number of carboxylic acid groups (broad SMARTS) is 1. The number of hydrogen-bond acceptors (Lipinski definition) is 5. The van der Waals surface area contributed by atoms with E-state index in [4.69, 9.17) is 5.73 Å². The Morgan fingerprint density at radius 1 is 1.13 bits per heavy atom. The molecule has 162 valence electrons. The number of aromatic nitrogens is 2. The molecular formula is C20H17F3N4O4. The third-order valence-corrected chi connectivity index (χ3v) is 5.87. The Hall–Kier alpha value is -3.44. The molecule has 5 N–H and O–H groups in total. The number of pyridine rings is 2. The van der Waals surface area contributed by atoms with Gasteiger partial charge in [0.05, 0.1) is 11.1 Å². The molecule has 0 amide bonds. The van der Waals surface area contributed by atoms with Crippen LogP contribution in [0, 0.1) is 29.3 Å². The number of benzene rings is 1. The molecule has 11 heteroatoms. The zero-order valence-corrected chi connectivity index (χ0v) is 15.8. The number of hydrogen-bond donors (Lipinski definition) is 2. The summed E-state index contributed by atoms with van der Waals surface area (Å²) in [5.74, 6) is -3.70. The fourth-order valence-corrected chi connectivity index (χ4v) is 4.19. The van der Waals surface area contributed by atoms with Gasteiger partial charge in [-0.25, -0.2) is 22.9 Å². The van der Waals surface area contributed by atoms with Gasteiger partial charge in [-0.05, 0) is 30.0 Å². The molecular weight excluding hydrogens is 417 g/mol. The molecule has 2 fully saturated rings. The molecule has 1 aromatic carbocycles. The van der Waals surface area contributed by atoms with Crippen LogP contribution in [0.2, 0.25) is 0 Å². The molecule has 0 radical (unpaired) electrons. The summed E-state index contributed by atoms with van der Waals surface area (Å²) in [6.07, 6.45) is 0.912. The quantitative estimate of drug-likeness (QED) is 0.634. The van der Waals surface area contributed by atoms with E-state index in [0.29, 0.717) is 19.2 Å². The van der Waals surface area contributed by atoms with Crippen LogP contribution >= 0.6 is 0 Å². The molecule has 0 spiro atoms. The maximum absolute atomic E-state index is 14.8. The minimum atomic E-state index is -1.56. The van der Waals surface area contributed by atoms with Crippen LogP contribution in [0.25, 0.3) is 16.7 Å². The van der Waals surface area contributed by atoms with Crippen molar-refractivity contribution in [2.45, 2.75) is 6.04 Å². The molecule has 0 unspecified atom stereocenters. The van der Waals surface area contributed by atoms with Gasteiger partial charge in [0.15, 0.2) is 17.3 Å². The number of carbonyl (C=O) groups is 1. The van der Waals surface area contributed by atoms with Gasteiger partial charge >= 0.3 is 5.97 Å². The van der Waals surface area contributed by atoms with Crippen molar-refractivity contribution in [2.75, 3.05) is 18.0 Å². The Morgan fingerprint density at radius 2 is 1.81 bits per heavy atom. The number of anilines is 1. The van der Waals surface area contributed by atoms with E-state index in [1.807, 2.05) is 0 Å². The van der Waals surface area contributed by atoms with E-state index in [0.717, 1.165) is 29.0 Å². The third-order valence-electron chi connectivity index (χ3n) is 5.87. The monoisotopic (exact) mass is 434 g/mol. The molecule has 3 aromatic rings. The average molecular weight is 434 g/mol. The van der Waals surface area contributed by atoms with Gasteiger partial charge in [-0.1, -0.05) is 0 Å².